The van der Waals surface area contributed by atoms with Crippen molar-refractivity contribution in [3.05, 3.63) is 30.1 Å². The van der Waals surface area contributed by atoms with Crippen LogP contribution in [0.15, 0.2) is 24.3 Å². The van der Waals surface area contributed by atoms with Gasteiger partial charge in [-0.15, -0.1) is 0 Å². The number of aryl methyl sites for hydroxylation is 1. The summed E-state index contributed by atoms with van der Waals surface area (Å²) in [5.74, 6) is 1.03. The lowest BCUT2D eigenvalue weighted by Crippen LogP contribution is -2.44. The fourth-order valence-corrected chi connectivity index (χ4v) is 2.86. The van der Waals surface area contributed by atoms with E-state index >= 15 is 0 Å². The summed E-state index contributed by atoms with van der Waals surface area (Å²) in [6, 6.07) is 8.29. The molecule has 1 fully saturated rings. The Morgan fingerprint density at radius 3 is 2.79 bits per heavy atom. The zero-order valence-electron chi connectivity index (χ0n) is 11.4. The summed E-state index contributed by atoms with van der Waals surface area (Å²) in [5.41, 5.74) is 8.51. The highest BCUT2D eigenvalue weighted by Gasteiger charge is 2.35. The first-order valence-electron chi connectivity index (χ1n) is 7.07. The van der Waals surface area contributed by atoms with Gasteiger partial charge in [-0.1, -0.05) is 19.1 Å². The largest absolute Gasteiger partial charge is 0.381 e. The molecule has 2 aromatic rings. The fourth-order valence-electron chi connectivity index (χ4n) is 2.86. The molecule has 2 N–H and O–H groups in total. The van der Waals surface area contributed by atoms with Gasteiger partial charge in [0.2, 0.25) is 0 Å². The number of nitrogens with zero attached hydrogens (tertiary/aromatic N) is 2. The standard InChI is InChI=1S/C15H21N3O/c1-2-9-18-13-6-4-3-5-12(13)17-14(18)15(16)7-10-19-11-8-15/h3-6H,2,7-11,16H2,1H3. The maximum Gasteiger partial charge on any atom is 0.130 e. The summed E-state index contributed by atoms with van der Waals surface area (Å²) in [4.78, 5) is 4.81. The summed E-state index contributed by atoms with van der Waals surface area (Å²) in [7, 11) is 0. The Hall–Kier alpha value is -1.39. The zero-order valence-corrected chi connectivity index (χ0v) is 11.4. The molecule has 0 atom stereocenters. The molecule has 4 heteroatoms. The normalized spacial score (nSPS) is 18.8. The molecule has 0 spiro atoms. The van der Waals surface area contributed by atoms with Gasteiger partial charge >= 0.3 is 0 Å². The Bertz CT molecular complexity index is 570. The first kappa shape index (κ1) is 12.6. The van der Waals surface area contributed by atoms with Crippen molar-refractivity contribution >= 4 is 11.0 Å². The second-order valence-corrected chi connectivity index (χ2v) is 5.34. The first-order chi connectivity index (χ1) is 9.24. The third-order valence-corrected chi connectivity index (χ3v) is 3.93. The Balaban J connectivity index is 2.13. The molecule has 102 valence electrons. The summed E-state index contributed by atoms with van der Waals surface area (Å²) >= 11 is 0. The molecule has 2 heterocycles. The van der Waals surface area contributed by atoms with Gasteiger partial charge in [0.05, 0.1) is 16.6 Å². The maximum atomic E-state index is 6.61. The third kappa shape index (κ3) is 2.15. The molecule has 19 heavy (non-hydrogen) atoms. The lowest BCUT2D eigenvalue weighted by molar-refractivity contribution is 0.0480. The molecular formula is C15H21N3O. The highest BCUT2D eigenvalue weighted by atomic mass is 16.5. The zero-order chi connectivity index (χ0) is 13.3. The molecule has 1 aliphatic heterocycles. The van der Waals surface area contributed by atoms with E-state index in [1.165, 1.54) is 5.52 Å². The van der Waals surface area contributed by atoms with Crippen LogP contribution in [0.2, 0.25) is 0 Å². The van der Waals surface area contributed by atoms with Crippen molar-refractivity contribution in [1.82, 2.24) is 9.55 Å². The molecule has 0 radical (unpaired) electrons. The summed E-state index contributed by atoms with van der Waals surface area (Å²) in [6.07, 6.45) is 2.78. The van der Waals surface area contributed by atoms with E-state index in [0.29, 0.717) is 0 Å². The quantitative estimate of drug-likeness (QED) is 0.921. The van der Waals surface area contributed by atoms with Gasteiger partial charge in [-0.2, -0.15) is 0 Å². The number of rotatable bonds is 3. The number of nitrogens with two attached hydrogens (primary N) is 1. The molecule has 3 rings (SSSR count). The van der Waals surface area contributed by atoms with Crippen LogP contribution in [0.25, 0.3) is 11.0 Å². The van der Waals surface area contributed by atoms with Crippen molar-refractivity contribution in [2.24, 2.45) is 5.73 Å². The smallest absolute Gasteiger partial charge is 0.130 e. The number of fused-ring (bicyclic) bond motifs is 1. The number of benzene rings is 1. The van der Waals surface area contributed by atoms with Crippen LogP contribution < -0.4 is 5.73 Å². The highest BCUT2D eigenvalue weighted by molar-refractivity contribution is 5.76. The number of aromatic nitrogens is 2. The summed E-state index contributed by atoms with van der Waals surface area (Å²) in [6.45, 7) is 4.61. The topological polar surface area (TPSA) is 53.1 Å². The molecule has 0 saturated carbocycles. The molecule has 1 aliphatic rings. The number of hydrogen-bond donors (Lipinski definition) is 1. The predicted octanol–water partition coefficient (Wildman–Crippen LogP) is 2.41. The van der Waals surface area contributed by atoms with Crippen LogP contribution >= 0.6 is 0 Å². The van der Waals surface area contributed by atoms with Gasteiger partial charge in [0.15, 0.2) is 0 Å². The molecule has 1 aromatic heterocycles. The minimum Gasteiger partial charge on any atom is -0.381 e. The lowest BCUT2D eigenvalue weighted by atomic mass is 9.90. The van der Waals surface area contributed by atoms with Gasteiger partial charge in [0, 0.05) is 19.8 Å². The Labute approximate surface area is 113 Å². The average Bonchev–Trinajstić information content (AvgIpc) is 2.80. The van der Waals surface area contributed by atoms with Crippen LogP contribution in [0.5, 0.6) is 0 Å². The van der Waals surface area contributed by atoms with Crippen molar-refractivity contribution in [1.29, 1.82) is 0 Å². The second kappa shape index (κ2) is 4.94. The van der Waals surface area contributed by atoms with E-state index < -0.39 is 0 Å². The highest BCUT2D eigenvalue weighted by Crippen LogP contribution is 2.31. The number of imidazole rings is 1. The van der Waals surface area contributed by atoms with E-state index in [1.807, 2.05) is 6.07 Å². The fraction of sp³-hybridized carbons (Fsp3) is 0.533. The van der Waals surface area contributed by atoms with Crippen molar-refractivity contribution in [2.75, 3.05) is 13.2 Å². The van der Waals surface area contributed by atoms with Crippen LogP contribution in [0.1, 0.15) is 32.0 Å². The van der Waals surface area contributed by atoms with E-state index in [4.69, 9.17) is 15.5 Å². The van der Waals surface area contributed by atoms with Crippen LogP contribution in [0.4, 0.5) is 0 Å². The molecule has 0 amide bonds. The minimum atomic E-state index is -0.341. The van der Waals surface area contributed by atoms with Crippen molar-refractivity contribution < 1.29 is 4.74 Å². The maximum absolute atomic E-state index is 6.61. The third-order valence-electron chi connectivity index (χ3n) is 3.93. The molecule has 1 aromatic carbocycles. The first-order valence-corrected chi connectivity index (χ1v) is 7.07. The van der Waals surface area contributed by atoms with E-state index in [2.05, 4.69) is 29.7 Å². The molecule has 1 saturated heterocycles. The number of hydrogen-bond acceptors (Lipinski definition) is 3. The van der Waals surface area contributed by atoms with Crippen LogP contribution in [0, 0.1) is 0 Å². The van der Waals surface area contributed by atoms with Gasteiger partial charge in [0.1, 0.15) is 5.82 Å². The van der Waals surface area contributed by atoms with Gasteiger partial charge < -0.3 is 15.0 Å². The molecule has 0 aliphatic carbocycles. The molecule has 0 unspecified atom stereocenters. The average molecular weight is 259 g/mol. The Morgan fingerprint density at radius 1 is 1.32 bits per heavy atom. The predicted molar refractivity (Wildman–Crippen MR) is 75.9 cm³/mol. The summed E-state index contributed by atoms with van der Waals surface area (Å²) < 4.78 is 7.74. The number of ether oxygens (including phenoxy) is 1. The van der Waals surface area contributed by atoms with Gasteiger partial charge in [-0.25, -0.2) is 4.98 Å². The van der Waals surface area contributed by atoms with Crippen molar-refractivity contribution in [3.8, 4) is 0 Å². The van der Waals surface area contributed by atoms with Crippen LogP contribution in [-0.4, -0.2) is 22.8 Å². The van der Waals surface area contributed by atoms with Crippen molar-refractivity contribution in [2.45, 2.75) is 38.3 Å². The van der Waals surface area contributed by atoms with Crippen molar-refractivity contribution in [3.63, 3.8) is 0 Å². The van der Waals surface area contributed by atoms with Gasteiger partial charge in [-0.3, -0.25) is 0 Å². The Morgan fingerprint density at radius 2 is 2.05 bits per heavy atom. The van der Waals surface area contributed by atoms with E-state index in [9.17, 15) is 0 Å². The molecule has 0 bridgehead atoms. The van der Waals surface area contributed by atoms with Gasteiger partial charge in [-0.05, 0) is 31.4 Å². The monoisotopic (exact) mass is 259 g/mol. The molecular weight excluding hydrogens is 238 g/mol. The van der Waals surface area contributed by atoms with Gasteiger partial charge in [0.25, 0.3) is 0 Å². The number of para-hydroxylation sites is 2. The lowest BCUT2D eigenvalue weighted by Gasteiger charge is -2.33. The SMILES string of the molecule is CCCn1c(C2(N)CCOCC2)nc2ccccc21. The second-order valence-electron chi connectivity index (χ2n) is 5.34. The van der Waals surface area contributed by atoms with E-state index in [-0.39, 0.29) is 5.54 Å². The summed E-state index contributed by atoms with van der Waals surface area (Å²) in [5, 5.41) is 0. The Kier molecular flexibility index (Phi) is 3.29. The van der Waals surface area contributed by atoms with Crippen LogP contribution in [0.3, 0.4) is 0 Å². The van der Waals surface area contributed by atoms with E-state index in [1.54, 1.807) is 0 Å². The minimum absolute atomic E-state index is 0.341. The van der Waals surface area contributed by atoms with Crippen LogP contribution in [-0.2, 0) is 16.8 Å². The molecule has 4 nitrogen and oxygen atoms in total. The van der Waals surface area contributed by atoms with E-state index in [0.717, 1.165) is 50.4 Å².